The van der Waals surface area contributed by atoms with Crippen molar-refractivity contribution in [3.63, 3.8) is 0 Å². The van der Waals surface area contributed by atoms with Crippen molar-refractivity contribution >= 4 is 17.3 Å². The van der Waals surface area contributed by atoms with Gasteiger partial charge in [0.25, 0.3) is 0 Å². The Kier molecular flexibility index (Phi) is 6.50. The fraction of sp³-hybridized carbons (Fsp3) is 0.480. The molecule has 1 N–H and O–H groups in total. The highest BCUT2D eigenvalue weighted by Crippen LogP contribution is 2.25. The van der Waals surface area contributed by atoms with E-state index < -0.39 is 0 Å². The number of piperazine rings is 1. The Bertz CT molecular complexity index is 840. The predicted molar refractivity (Wildman–Crippen MR) is 121 cm³/mol. The third kappa shape index (κ3) is 4.99. The van der Waals surface area contributed by atoms with Crippen molar-refractivity contribution in [2.45, 2.75) is 45.4 Å². The molecule has 0 bridgehead atoms. The van der Waals surface area contributed by atoms with Gasteiger partial charge in [-0.1, -0.05) is 37.3 Å². The average molecular weight is 392 g/mol. The lowest BCUT2D eigenvalue weighted by Crippen LogP contribution is -2.46. The largest absolute Gasteiger partial charge is 0.369 e. The van der Waals surface area contributed by atoms with Crippen LogP contribution >= 0.6 is 0 Å². The van der Waals surface area contributed by atoms with E-state index in [1.54, 1.807) is 0 Å². The number of carbonyl (C=O) groups excluding carboxylic acids is 1. The Balaban J connectivity index is 1.19. The minimum atomic E-state index is 0.142. The predicted octanol–water partition coefficient (Wildman–Crippen LogP) is 4.28. The van der Waals surface area contributed by atoms with Crippen molar-refractivity contribution in [2.75, 3.05) is 42.9 Å². The Hall–Kier alpha value is -2.33. The summed E-state index contributed by atoms with van der Waals surface area (Å²) in [5.74, 6) is 0.142. The van der Waals surface area contributed by atoms with Gasteiger partial charge in [0.2, 0.25) is 5.91 Å². The van der Waals surface area contributed by atoms with Crippen molar-refractivity contribution < 1.29 is 4.79 Å². The Morgan fingerprint density at radius 2 is 1.79 bits per heavy atom. The smallest absolute Gasteiger partial charge is 0.224 e. The fourth-order valence-corrected chi connectivity index (χ4v) is 4.59. The molecule has 0 saturated carbocycles. The van der Waals surface area contributed by atoms with E-state index in [-0.39, 0.29) is 5.91 Å². The first kappa shape index (κ1) is 20.0. The van der Waals surface area contributed by atoms with E-state index in [1.807, 2.05) is 0 Å². The van der Waals surface area contributed by atoms with E-state index in [0.717, 1.165) is 51.1 Å². The van der Waals surface area contributed by atoms with Crippen LogP contribution in [0.3, 0.4) is 0 Å². The van der Waals surface area contributed by atoms with Crippen LogP contribution in [-0.4, -0.2) is 43.5 Å². The monoisotopic (exact) mass is 391 g/mol. The van der Waals surface area contributed by atoms with Crippen molar-refractivity contribution in [3.8, 4) is 0 Å². The molecule has 4 rings (SSSR count). The van der Waals surface area contributed by atoms with Gasteiger partial charge in [-0.15, -0.1) is 0 Å². The molecule has 2 heterocycles. The number of aryl methyl sites for hydroxylation is 3. The number of unbranched alkanes of at least 4 members (excludes halogenated alkanes) is 1. The van der Waals surface area contributed by atoms with Crippen LogP contribution in [0.4, 0.5) is 11.4 Å². The summed E-state index contributed by atoms with van der Waals surface area (Å²) in [6.07, 6.45) is 6.20. The summed E-state index contributed by atoms with van der Waals surface area (Å²) >= 11 is 0. The summed E-state index contributed by atoms with van der Waals surface area (Å²) < 4.78 is 0. The number of nitrogens with one attached hydrogen (secondary N) is 1. The summed E-state index contributed by atoms with van der Waals surface area (Å²) in [6, 6.07) is 15.4. The van der Waals surface area contributed by atoms with Crippen LogP contribution in [0.5, 0.6) is 0 Å². The summed E-state index contributed by atoms with van der Waals surface area (Å²) in [7, 11) is 0. The first-order chi connectivity index (χ1) is 14.2. The second-order valence-electron chi connectivity index (χ2n) is 8.31. The molecule has 1 amide bonds. The summed E-state index contributed by atoms with van der Waals surface area (Å²) in [5.41, 5.74) is 6.60. The van der Waals surface area contributed by atoms with Gasteiger partial charge < -0.3 is 10.2 Å². The minimum Gasteiger partial charge on any atom is -0.369 e. The number of amides is 1. The lowest BCUT2D eigenvalue weighted by atomic mass is 9.98. The topological polar surface area (TPSA) is 35.6 Å². The molecule has 0 aliphatic carbocycles. The van der Waals surface area contributed by atoms with Gasteiger partial charge in [-0.2, -0.15) is 0 Å². The van der Waals surface area contributed by atoms with E-state index in [2.05, 4.69) is 64.5 Å². The zero-order valence-electron chi connectivity index (χ0n) is 17.6. The first-order valence-corrected chi connectivity index (χ1v) is 11.2. The van der Waals surface area contributed by atoms with Gasteiger partial charge in [0.1, 0.15) is 0 Å². The molecule has 1 saturated heterocycles. The summed E-state index contributed by atoms with van der Waals surface area (Å²) in [6.45, 7) is 8.03. The van der Waals surface area contributed by atoms with Crippen LogP contribution in [0.15, 0.2) is 42.5 Å². The number of para-hydroxylation sites is 1. The number of rotatable bonds is 7. The number of hydrogen-bond donors (Lipinski definition) is 1. The molecule has 2 aromatic carbocycles. The molecule has 0 spiro atoms. The number of anilines is 2. The number of carbonyl (C=O) groups is 1. The zero-order valence-corrected chi connectivity index (χ0v) is 17.6. The van der Waals surface area contributed by atoms with Gasteiger partial charge in [-0.25, -0.2) is 0 Å². The quantitative estimate of drug-likeness (QED) is 0.716. The zero-order chi connectivity index (χ0) is 20.1. The Morgan fingerprint density at radius 1 is 0.966 bits per heavy atom. The SMILES string of the molecule is CCc1ccccc1N1CCN(CCCCc2ccc3c(c2)CCC(=O)N3)CC1. The van der Waals surface area contributed by atoms with Crippen LogP contribution in [0.25, 0.3) is 0 Å². The molecular weight excluding hydrogens is 358 g/mol. The third-order valence-corrected chi connectivity index (χ3v) is 6.34. The second-order valence-corrected chi connectivity index (χ2v) is 8.31. The van der Waals surface area contributed by atoms with E-state index in [9.17, 15) is 4.79 Å². The summed E-state index contributed by atoms with van der Waals surface area (Å²) in [5, 5.41) is 2.97. The van der Waals surface area contributed by atoms with Gasteiger partial charge in [-0.3, -0.25) is 9.69 Å². The van der Waals surface area contributed by atoms with E-state index in [4.69, 9.17) is 0 Å². The van der Waals surface area contributed by atoms with Crippen LogP contribution in [0, 0.1) is 0 Å². The first-order valence-electron chi connectivity index (χ1n) is 11.2. The normalized spacial score (nSPS) is 17.1. The lowest BCUT2D eigenvalue weighted by Gasteiger charge is -2.37. The Morgan fingerprint density at radius 3 is 2.62 bits per heavy atom. The molecule has 2 aliphatic heterocycles. The number of fused-ring (bicyclic) bond motifs is 1. The molecule has 4 nitrogen and oxygen atoms in total. The molecule has 2 aromatic rings. The number of hydrogen-bond acceptors (Lipinski definition) is 3. The van der Waals surface area contributed by atoms with Crippen LogP contribution < -0.4 is 10.2 Å². The van der Waals surface area contributed by atoms with Crippen LogP contribution in [0.2, 0.25) is 0 Å². The van der Waals surface area contributed by atoms with Crippen molar-refractivity contribution in [2.24, 2.45) is 0 Å². The molecule has 0 atom stereocenters. The molecular formula is C25H33N3O. The molecule has 0 radical (unpaired) electrons. The van der Waals surface area contributed by atoms with E-state index in [1.165, 1.54) is 41.8 Å². The Labute approximate surface area is 174 Å². The highest BCUT2D eigenvalue weighted by Gasteiger charge is 2.18. The minimum absolute atomic E-state index is 0.142. The van der Waals surface area contributed by atoms with Gasteiger partial charge in [-0.05, 0) is 67.5 Å². The van der Waals surface area contributed by atoms with Crippen molar-refractivity contribution in [1.29, 1.82) is 0 Å². The van der Waals surface area contributed by atoms with Crippen molar-refractivity contribution in [3.05, 3.63) is 59.2 Å². The molecule has 29 heavy (non-hydrogen) atoms. The van der Waals surface area contributed by atoms with Crippen molar-refractivity contribution in [1.82, 2.24) is 4.90 Å². The van der Waals surface area contributed by atoms with Gasteiger partial charge in [0.15, 0.2) is 0 Å². The third-order valence-electron chi connectivity index (χ3n) is 6.34. The highest BCUT2D eigenvalue weighted by molar-refractivity contribution is 5.93. The number of benzene rings is 2. The fourth-order valence-electron chi connectivity index (χ4n) is 4.59. The van der Waals surface area contributed by atoms with Gasteiger partial charge >= 0.3 is 0 Å². The second kappa shape index (κ2) is 9.45. The molecule has 154 valence electrons. The molecule has 4 heteroatoms. The maximum absolute atomic E-state index is 11.5. The van der Waals surface area contributed by atoms with Crippen LogP contribution in [-0.2, 0) is 24.1 Å². The molecule has 0 aromatic heterocycles. The van der Waals surface area contributed by atoms with Gasteiger partial charge in [0.05, 0.1) is 0 Å². The van der Waals surface area contributed by atoms with Crippen LogP contribution in [0.1, 0.15) is 42.9 Å². The van der Waals surface area contributed by atoms with E-state index in [0.29, 0.717) is 6.42 Å². The van der Waals surface area contributed by atoms with E-state index >= 15 is 0 Å². The standard InChI is InChI=1S/C25H33N3O/c1-2-21-8-3-4-9-24(21)28-17-15-27(16-18-28)14-6-5-7-20-10-12-23-22(19-20)11-13-25(29)26-23/h3-4,8-10,12,19H,2,5-7,11,13-18H2,1H3,(H,26,29). The maximum Gasteiger partial charge on any atom is 0.224 e. The molecule has 1 fully saturated rings. The highest BCUT2D eigenvalue weighted by atomic mass is 16.1. The molecule has 2 aliphatic rings. The molecule has 0 unspecified atom stereocenters. The maximum atomic E-state index is 11.5. The summed E-state index contributed by atoms with van der Waals surface area (Å²) in [4.78, 5) is 16.7. The average Bonchev–Trinajstić information content (AvgIpc) is 2.77. The lowest BCUT2D eigenvalue weighted by molar-refractivity contribution is -0.116. The number of nitrogens with zero attached hydrogens (tertiary/aromatic N) is 2. The van der Waals surface area contributed by atoms with Gasteiger partial charge in [0, 0.05) is 44.0 Å².